The van der Waals surface area contributed by atoms with Crippen LogP contribution in [0.4, 0.5) is 0 Å². The molecule has 0 aliphatic carbocycles. The summed E-state index contributed by atoms with van der Waals surface area (Å²) in [6, 6.07) is 0. The number of hydrogen-bond acceptors (Lipinski definition) is 2. The number of rotatable bonds is 6. The lowest BCUT2D eigenvalue weighted by Crippen LogP contribution is -1.99. The minimum atomic E-state index is 0.334. The van der Waals surface area contributed by atoms with Crippen LogP contribution in [0, 0.1) is 5.92 Å². The second-order valence-electron chi connectivity index (χ2n) is 2.86. The molecule has 0 fully saturated rings. The highest BCUT2D eigenvalue weighted by molar-refractivity contribution is 7.80. The van der Waals surface area contributed by atoms with E-state index >= 15 is 0 Å². The van der Waals surface area contributed by atoms with Crippen LogP contribution in [0.1, 0.15) is 32.6 Å². The molecule has 0 aromatic carbocycles. The van der Waals surface area contributed by atoms with E-state index in [9.17, 15) is 0 Å². The first-order chi connectivity index (χ1) is 4.81. The molecule has 0 saturated carbocycles. The van der Waals surface area contributed by atoms with Crippen LogP contribution in [0.15, 0.2) is 0 Å². The van der Waals surface area contributed by atoms with Crippen molar-refractivity contribution in [1.29, 1.82) is 0 Å². The highest BCUT2D eigenvalue weighted by Gasteiger charge is 1.97. The van der Waals surface area contributed by atoms with Gasteiger partial charge in [-0.25, -0.2) is 0 Å². The van der Waals surface area contributed by atoms with Crippen LogP contribution in [0.5, 0.6) is 0 Å². The molecule has 1 unspecified atom stereocenters. The van der Waals surface area contributed by atoms with Gasteiger partial charge in [0.05, 0.1) is 0 Å². The molecule has 1 nitrogen and oxygen atoms in total. The summed E-state index contributed by atoms with van der Waals surface area (Å²) in [5, 5.41) is 8.68. The summed E-state index contributed by atoms with van der Waals surface area (Å²) in [6.07, 6.45) is 4.86. The summed E-state index contributed by atoms with van der Waals surface area (Å²) in [4.78, 5) is 0. The third kappa shape index (κ3) is 6.43. The van der Waals surface area contributed by atoms with Crippen molar-refractivity contribution in [2.45, 2.75) is 32.6 Å². The Hall–Kier alpha value is 0.310. The van der Waals surface area contributed by atoms with E-state index in [1.807, 2.05) is 0 Å². The zero-order chi connectivity index (χ0) is 7.82. The van der Waals surface area contributed by atoms with Gasteiger partial charge in [-0.3, -0.25) is 0 Å². The average molecular weight is 162 g/mol. The molecule has 0 radical (unpaired) electrons. The normalized spacial score (nSPS) is 13.5. The van der Waals surface area contributed by atoms with Gasteiger partial charge < -0.3 is 5.11 Å². The van der Waals surface area contributed by atoms with E-state index in [1.165, 1.54) is 19.3 Å². The first-order valence-electron chi connectivity index (χ1n) is 4.03. The van der Waals surface area contributed by atoms with Gasteiger partial charge in [0.25, 0.3) is 0 Å². The Morgan fingerprint density at radius 1 is 1.30 bits per heavy atom. The summed E-state index contributed by atoms with van der Waals surface area (Å²) < 4.78 is 0. The zero-order valence-electron chi connectivity index (χ0n) is 6.71. The third-order valence-corrected chi connectivity index (χ3v) is 1.98. The van der Waals surface area contributed by atoms with Crippen molar-refractivity contribution in [2.75, 3.05) is 12.4 Å². The van der Waals surface area contributed by atoms with Crippen molar-refractivity contribution in [3.8, 4) is 0 Å². The average Bonchev–Trinajstić information content (AvgIpc) is 1.98. The lowest BCUT2D eigenvalue weighted by atomic mass is 10.0. The fourth-order valence-electron chi connectivity index (χ4n) is 0.873. The fourth-order valence-corrected chi connectivity index (χ4v) is 1.10. The molecule has 0 heterocycles. The smallest absolute Gasteiger partial charge is 0.0456 e. The van der Waals surface area contributed by atoms with Gasteiger partial charge >= 0.3 is 0 Å². The predicted molar refractivity (Wildman–Crippen MR) is 48.6 cm³/mol. The molecule has 1 atom stereocenters. The van der Waals surface area contributed by atoms with E-state index in [2.05, 4.69) is 19.6 Å². The SMILES string of the molecule is CC(CO)CCCCCS. The molecule has 0 aromatic rings. The van der Waals surface area contributed by atoms with Gasteiger partial charge in [0, 0.05) is 6.61 Å². The quantitative estimate of drug-likeness (QED) is 0.453. The lowest BCUT2D eigenvalue weighted by molar-refractivity contribution is 0.227. The van der Waals surface area contributed by atoms with E-state index in [1.54, 1.807) is 0 Å². The number of aliphatic hydroxyl groups excluding tert-OH is 1. The van der Waals surface area contributed by atoms with Gasteiger partial charge in [0.15, 0.2) is 0 Å². The monoisotopic (exact) mass is 162 g/mol. The first-order valence-corrected chi connectivity index (χ1v) is 4.66. The van der Waals surface area contributed by atoms with E-state index in [-0.39, 0.29) is 0 Å². The van der Waals surface area contributed by atoms with Crippen LogP contribution in [0.2, 0.25) is 0 Å². The zero-order valence-corrected chi connectivity index (χ0v) is 7.61. The molecule has 10 heavy (non-hydrogen) atoms. The summed E-state index contributed by atoms with van der Waals surface area (Å²) in [5.41, 5.74) is 0. The number of unbranched alkanes of at least 4 members (excludes halogenated alkanes) is 2. The number of aliphatic hydroxyl groups is 1. The molecule has 0 spiro atoms. The van der Waals surface area contributed by atoms with Crippen molar-refractivity contribution in [1.82, 2.24) is 0 Å². The Morgan fingerprint density at radius 3 is 2.50 bits per heavy atom. The van der Waals surface area contributed by atoms with Gasteiger partial charge in [-0.1, -0.05) is 19.8 Å². The Morgan fingerprint density at radius 2 is 2.00 bits per heavy atom. The Balaban J connectivity index is 2.89. The van der Waals surface area contributed by atoms with Crippen molar-refractivity contribution < 1.29 is 5.11 Å². The van der Waals surface area contributed by atoms with Gasteiger partial charge in [0.1, 0.15) is 0 Å². The van der Waals surface area contributed by atoms with Crippen LogP contribution in [-0.4, -0.2) is 17.5 Å². The molecule has 0 bridgehead atoms. The molecule has 2 heteroatoms. The molecule has 0 aliphatic rings. The van der Waals surface area contributed by atoms with Crippen molar-refractivity contribution >= 4 is 12.6 Å². The van der Waals surface area contributed by atoms with Crippen molar-refractivity contribution in [2.24, 2.45) is 5.92 Å². The molecule has 0 rings (SSSR count). The summed E-state index contributed by atoms with van der Waals surface area (Å²) in [5.74, 6) is 1.48. The first kappa shape index (κ1) is 10.3. The van der Waals surface area contributed by atoms with Crippen LogP contribution in [-0.2, 0) is 0 Å². The van der Waals surface area contributed by atoms with Gasteiger partial charge in [-0.15, -0.1) is 0 Å². The number of hydrogen-bond donors (Lipinski definition) is 2. The second-order valence-corrected chi connectivity index (χ2v) is 3.31. The maximum Gasteiger partial charge on any atom is 0.0456 e. The fraction of sp³-hybridized carbons (Fsp3) is 1.00. The van der Waals surface area contributed by atoms with Crippen molar-refractivity contribution in [3.05, 3.63) is 0 Å². The topological polar surface area (TPSA) is 20.2 Å². The van der Waals surface area contributed by atoms with Crippen LogP contribution in [0.3, 0.4) is 0 Å². The molecule has 62 valence electrons. The summed E-state index contributed by atoms with van der Waals surface area (Å²) in [7, 11) is 0. The highest BCUT2D eigenvalue weighted by Crippen LogP contribution is 2.08. The summed E-state index contributed by atoms with van der Waals surface area (Å²) in [6.45, 7) is 2.42. The minimum Gasteiger partial charge on any atom is -0.396 e. The second kappa shape index (κ2) is 7.42. The standard InChI is InChI=1S/C8H18OS/c1-8(7-9)5-3-2-4-6-10/h8-10H,2-7H2,1H3. The Kier molecular flexibility index (Phi) is 7.65. The van der Waals surface area contributed by atoms with E-state index in [0.717, 1.165) is 12.2 Å². The molecule has 1 N–H and O–H groups in total. The van der Waals surface area contributed by atoms with Crippen LogP contribution >= 0.6 is 12.6 Å². The molecule has 0 aromatic heterocycles. The van der Waals surface area contributed by atoms with Crippen LogP contribution < -0.4 is 0 Å². The maximum atomic E-state index is 8.68. The molecule has 0 saturated heterocycles. The third-order valence-electron chi connectivity index (χ3n) is 1.67. The highest BCUT2D eigenvalue weighted by atomic mass is 32.1. The molecular formula is C8H18OS. The largest absolute Gasteiger partial charge is 0.396 e. The number of thiol groups is 1. The lowest BCUT2D eigenvalue weighted by Gasteiger charge is -2.05. The van der Waals surface area contributed by atoms with Crippen LogP contribution in [0.25, 0.3) is 0 Å². The van der Waals surface area contributed by atoms with E-state index in [4.69, 9.17) is 5.11 Å². The Labute approximate surface area is 69.2 Å². The van der Waals surface area contributed by atoms with E-state index < -0.39 is 0 Å². The van der Waals surface area contributed by atoms with Gasteiger partial charge in [-0.2, -0.15) is 12.6 Å². The predicted octanol–water partition coefficient (Wildman–Crippen LogP) is 2.10. The van der Waals surface area contributed by atoms with Crippen molar-refractivity contribution in [3.63, 3.8) is 0 Å². The van der Waals surface area contributed by atoms with Gasteiger partial charge in [-0.05, 0) is 24.5 Å². The Bertz CT molecular complexity index is 66.3. The molecule has 0 aliphatic heterocycles. The minimum absolute atomic E-state index is 0.334. The summed E-state index contributed by atoms with van der Waals surface area (Å²) >= 11 is 4.12. The van der Waals surface area contributed by atoms with E-state index in [0.29, 0.717) is 12.5 Å². The molecule has 0 amide bonds. The maximum absolute atomic E-state index is 8.68. The molecular weight excluding hydrogens is 144 g/mol. The van der Waals surface area contributed by atoms with Gasteiger partial charge in [0.2, 0.25) is 0 Å².